The Labute approximate surface area is 135 Å². The molecule has 0 spiro atoms. The average Bonchev–Trinajstić information content (AvgIpc) is 2.68. The van der Waals surface area contributed by atoms with Crippen LogP contribution in [0.15, 0.2) is 18.2 Å². The second-order valence-electron chi connectivity index (χ2n) is 4.43. The zero-order chi connectivity index (χ0) is 15.7. The lowest BCUT2D eigenvalue weighted by molar-refractivity contribution is 0.100. The largest absolute Gasteiger partial charge is 0.365 e. The van der Waals surface area contributed by atoms with Crippen molar-refractivity contribution in [3.63, 3.8) is 0 Å². The summed E-state index contributed by atoms with van der Waals surface area (Å²) in [5.74, 6) is -0.946. The number of nitrogens with one attached hydrogen (secondary N) is 1. The van der Waals surface area contributed by atoms with Crippen LogP contribution >= 0.6 is 34.5 Å². The highest BCUT2D eigenvalue weighted by atomic mass is 35.5. The minimum Gasteiger partial charge on any atom is -0.365 e. The molecule has 0 aliphatic heterocycles. The molecule has 0 aliphatic rings. The predicted octanol–water partition coefficient (Wildman–Crippen LogP) is 4.02. The summed E-state index contributed by atoms with van der Waals surface area (Å²) in [7, 11) is 0. The van der Waals surface area contributed by atoms with Crippen LogP contribution in [0.25, 0.3) is 0 Å². The molecular weight excluding hydrogens is 331 g/mol. The Morgan fingerprint density at radius 2 is 1.86 bits per heavy atom. The number of hydrogen-bond donors (Lipinski definition) is 2. The van der Waals surface area contributed by atoms with Crippen LogP contribution in [0.4, 0.5) is 5.00 Å². The molecule has 21 heavy (non-hydrogen) atoms. The molecule has 0 unspecified atom stereocenters. The lowest BCUT2D eigenvalue weighted by atomic mass is 10.1. The molecule has 0 bridgehead atoms. The number of carbonyl (C=O) groups excluding carboxylic acids is 2. The number of aryl methyl sites for hydroxylation is 1. The first-order chi connectivity index (χ1) is 9.81. The van der Waals surface area contributed by atoms with Crippen LogP contribution in [0, 0.1) is 13.8 Å². The number of hydrogen-bond acceptors (Lipinski definition) is 3. The lowest BCUT2D eigenvalue weighted by Crippen LogP contribution is -2.17. The summed E-state index contributed by atoms with van der Waals surface area (Å²) >= 11 is 13.0. The van der Waals surface area contributed by atoms with Gasteiger partial charge in [-0.2, -0.15) is 0 Å². The van der Waals surface area contributed by atoms with E-state index in [0.717, 1.165) is 10.4 Å². The summed E-state index contributed by atoms with van der Waals surface area (Å²) in [6.07, 6.45) is 0. The van der Waals surface area contributed by atoms with E-state index in [1.165, 1.54) is 17.4 Å². The first kappa shape index (κ1) is 15.8. The smallest absolute Gasteiger partial charge is 0.256 e. The maximum atomic E-state index is 12.2. The van der Waals surface area contributed by atoms with E-state index in [2.05, 4.69) is 5.32 Å². The van der Waals surface area contributed by atoms with Crippen molar-refractivity contribution in [2.75, 3.05) is 5.32 Å². The zero-order valence-corrected chi connectivity index (χ0v) is 13.6. The Kier molecular flexibility index (Phi) is 4.56. The van der Waals surface area contributed by atoms with Gasteiger partial charge in [-0.3, -0.25) is 9.59 Å². The van der Waals surface area contributed by atoms with E-state index in [1.54, 1.807) is 19.1 Å². The van der Waals surface area contributed by atoms with Crippen molar-refractivity contribution in [1.29, 1.82) is 0 Å². The highest BCUT2D eigenvalue weighted by Gasteiger charge is 2.19. The van der Waals surface area contributed by atoms with Crippen LogP contribution in [-0.2, 0) is 0 Å². The van der Waals surface area contributed by atoms with Gasteiger partial charge in [-0.1, -0.05) is 23.2 Å². The molecule has 1 heterocycles. The first-order valence-electron chi connectivity index (χ1n) is 5.97. The van der Waals surface area contributed by atoms with Crippen LogP contribution in [0.3, 0.4) is 0 Å². The number of nitrogens with two attached hydrogens (primary N) is 1. The van der Waals surface area contributed by atoms with Crippen molar-refractivity contribution in [2.45, 2.75) is 13.8 Å². The molecule has 0 aliphatic carbocycles. The van der Waals surface area contributed by atoms with Gasteiger partial charge in [0.1, 0.15) is 5.00 Å². The fourth-order valence-electron chi connectivity index (χ4n) is 1.82. The number of primary amides is 1. The van der Waals surface area contributed by atoms with Gasteiger partial charge in [-0.15, -0.1) is 11.3 Å². The van der Waals surface area contributed by atoms with Crippen molar-refractivity contribution in [3.05, 3.63) is 49.8 Å². The Hall–Kier alpha value is -1.56. The Balaban J connectivity index is 2.33. The highest BCUT2D eigenvalue weighted by Crippen LogP contribution is 2.32. The van der Waals surface area contributed by atoms with E-state index >= 15 is 0 Å². The third-order valence-corrected chi connectivity index (χ3v) is 4.90. The van der Waals surface area contributed by atoms with E-state index in [1.807, 2.05) is 6.92 Å². The first-order valence-corrected chi connectivity index (χ1v) is 7.54. The van der Waals surface area contributed by atoms with E-state index in [0.29, 0.717) is 21.2 Å². The molecule has 2 aromatic rings. The quantitative estimate of drug-likeness (QED) is 0.883. The minimum absolute atomic E-state index is 0.290. The highest BCUT2D eigenvalue weighted by molar-refractivity contribution is 7.16. The fraction of sp³-hybridized carbons (Fsp3) is 0.143. The summed E-state index contributed by atoms with van der Waals surface area (Å²) in [6.45, 7) is 3.65. The summed E-state index contributed by atoms with van der Waals surface area (Å²) in [5, 5.41) is 3.79. The third kappa shape index (κ3) is 3.20. The number of carbonyl (C=O) groups is 2. The second-order valence-corrected chi connectivity index (χ2v) is 6.47. The SMILES string of the molecule is Cc1sc(NC(=O)c2ccc(Cl)c(Cl)c2)c(C(N)=O)c1C. The minimum atomic E-state index is -0.568. The average molecular weight is 343 g/mol. The Morgan fingerprint density at radius 1 is 1.19 bits per heavy atom. The predicted molar refractivity (Wildman–Crippen MR) is 86.7 cm³/mol. The molecule has 7 heteroatoms. The van der Waals surface area contributed by atoms with Crippen LogP contribution in [0.2, 0.25) is 10.0 Å². The second kappa shape index (κ2) is 6.05. The molecule has 2 amide bonds. The zero-order valence-electron chi connectivity index (χ0n) is 11.3. The van der Waals surface area contributed by atoms with Gasteiger partial charge < -0.3 is 11.1 Å². The summed E-state index contributed by atoms with van der Waals surface area (Å²) in [6, 6.07) is 4.57. The van der Waals surface area contributed by atoms with Crippen molar-refractivity contribution in [2.24, 2.45) is 5.73 Å². The molecular formula is C14H12Cl2N2O2S. The maximum Gasteiger partial charge on any atom is 0.256 e. The number of halogens is 2. The molecule has 0 fully saturated rings. The number of anilines is 1. The van der Waals surface area contributed by atoms with Gasteiger partial charge >= 0.3 is 0 Å². The number of thiophene rings is 1. The molecule has 3 N–H and O–H groups in total. The Bertz CT molecular complexity index is 741. The van der Waals surface area contributed by atoms with Crippen molar-refractivity contribution < 1.29 is 9.59 Å². The molecule has 1 aromatic carbocycles. The molecule has 4 nitrogen and oxygen atoms in total. The van der Waals surface area contributed by atoms with Gasteiger partial charge in [-0.05, 0) is 37.6 Å². The number of amides is 2. The normalized spacial score (nSPS) is 10.5. The van der Waals surface area contributed by atoms with Gasteiger partial charge in [0.25, 0.3) is 11.8 Å². The van der Waals surface area contributed by atoms with Gasteiger partial charge in [0.05, 0.1) is 15.6 Å². The maximum absolute atomic E-state index is 12.2. The van der Waals surface area contributed by atoms with Gasteiger partial charge in [0, 0.05) is 10.4 Å². The molecule has 1 aromatic heterocycles. The summed E-state index contributed by atoms with van der Waals surface area (Å²) < 4.78 is 0. The van der Waals surface area contributed by atoms with E-state index in [9.17, 15) is 9.59 Å². The number of rotatable bonds is 3. The van der Waals surface area contributed by atoms with Crippen LogP contribution < -0.4 is 11.1 Å². The standard InChI is InChI=1S/C14H12Cl2N2O2S/c1-6-7(2)21-14(11(6)12(17)19)18-13(20)8-3-4-9(15)10(16)5-8/h3-5H,1-2H3,(H2,17,19)(H,18,20). The van der Waals surface area contributed by atoms with Gasteiger partial charge in [-0.25, -0.2) is 0 Å². The summed E-state index contributed by atoms with van der Waals surface area (Å²) in [4.78, 5) is 24.7. The van der Waals surface area contributed by atoms with Gasteiger partial charge in [0.15, 0.2) is 0 Å². The fourth-order valence-corrected chi connectivity index (χ4v) is 3.18. The van der Waals surface area contributed by atoms with Crippen molar-refractivity contribution in [3.8, 4) is 0 Å². The third-order valence-electron chi connectivity index (χ3n) is 3.04. The molecule has 0 saturated carbocycles. The molecule has 0 radical (unpaired) electrons. The van der Waals surface area contributed by atoms with Crippen molar-refractivity contribution >= 4 is 51.4 Å². The van der Waals surface area contributed by atoms with Crippen LogP contribution in [0.5, 0.6) is 0 Å². The monoisotopic (exact) mass is 342 g/mol. The molecule has 110 valence electrons. The Morgan fingerprint density at radius 3 is 2.43 bits per heavy atom. The van der Waals surface area contributed by atoms with Crippen LogP contribution in [-0.4, -0.2) is 11.8 Å². The van der Waals surface area contributed by atoms with Gasteiger partial charge in [0.2, 0.25) is 0 Å². The topological polar surface area (TPSA) is 72.2 Å². The van der Waals surface area contributed by atoms with E-state index in [4.69, 9.17) is 28.9 Å². The molecule has 0 saturated heterocycles. The number of benzene rings is 1. The van der Waals surface area contributed by atoms with E-state index in [-0.39, 0.29) is 10.9 Å². The van der Waals surface area contributed by atoms with E-state index < -0.39 is 5.91 Å². The molecule has 2 rings (SSSR count). The molecule has 0 atom stereocenters. The van der Waals surface area contributed by atoms with Crippen LogP contribution in [0.1, 0.15) is 31.2 Å². The lowest BCUT2D eigenvalue weighted by Gasteiger charge is -2.06. The summed E-state index contributed by atoms with van der Waals surface area (Å²) in [5.41, 5.74) is 6.83. The van der Waals surface area contributed by atoms with Crippen molar-refractivity contribution in [1.82, 2.24) is 0 Å².